The molecule has 0 saturated heterocycles. The summed E-state index contributed by atoms with van der Waals surface area (Å²) in [5.74, 6) is 1.10. The predicted octanol–water partition coefficient (Wildman–Crippen LogP) is 4.28. The number of hydrogen-bond donors (Lipinski definition) is 1. The molecule has 0 fully saturated rings. The zero-order valence-corrected chi connectivity index (χ0v) is 17.0. The fourth-order valence-corrected chi connectivity index (χ4v) is 3.08. The largest absolute Gasteiger partial charge is 0.484 e. The van der Waals surface area contributed by atoms with E-state index in [2.05, 4.69) is 15.5 Å². The number of carbonyl (C=O) groups is 2. The lowest BCUT2D eigenvalue weighted by Crippen LogP contribution is -2.09. The Kier molecular flexibility index (Phi) is 7.02. The smallest absolute Gasteiger partial charge is 0.277 e. The molecule has 3 rings (SSSR count). The van der Waals surface area contributed by atoms with E-state index in [4.69, 9.17) is 9.15 Å². The predicted molar refractivity (Wildman–Crippen MR) is 110 cm³/mol. The van der Waals surface area contributed by atoms with Crippen molar-refractivity contribution in [2.75, 3.05) is 11.1 Å². The number of amides is 1. The van der Waals surface area contributed by atoms with E-state index in [1.807, 2.05) is 31.2 Å². The SMILES string of the molecule is CCC(=O)Nc1ccc(C(=O)CSc2nnc(COc3cccc(C)c3)o2)cc1. The van der Waals surface area contributed by atoms with Crippen LogP contribution >= 0.6 is 11.8 Å². The Morgan fingerprint density at radius 1 is 1.14 bits per heavy atom. The van der Waals surface area contributed by atoms with Crippen LogP contribution in [0.1, 0.15) is 35.2 Å². The van der Waals surface area contributed by atoms with Crippen LogP contribution in [0.2, 0.25) is 0 Å². The number of ether oxygens (including phenoxy) is 1. The van der Waals surface area contributed by atoms with Gasteiger partial charge < -0.3 is 14.5 Å². The Morgan fingerprint density at radius 2 is 1.93 bits per heavy atom. The van der Waals surface area contributed by atoms with Gasteiger partial charge >= 0.3 is 0 Å². The van der Waals surface area contributed by atoms with Gasteiger partial charge in [0.2, 0.25) is 5.91 Å². The van der Waals surface area contributed by atoms with Crippen molar-refractivity contribution in [1.82, 2.24) is 10.2 Å². The molecule has 0 radical (unpaired) electrons. The van der Waals surface area contributed by atoms with Gasteiger partial charge in [-0.3, -0.25) is 9.59 Å². The molecule has 0 spiro atoms. The first kappa shape index (κ1) is 20.6. The number of aryl methyl sites for hydroxylation is 1. The van der Waals surface area contributed by atoms with Crippen LogP contribution in [0.5, 0.6) is 5.75 Å². The van der Waals surface area contributed by atoms with Crippen molar-refractivity contribution in [1.29, 1.82) is 0 Å². The summed E-state index contributed by atoms with van der Waals surface area (Å²) in [6.07, 6.45) is 0.402. The maximum Gasteiger partial charge on any atom is 0.277 e. The zero-order chi connectivity index (χ0) is 20.6. The van der Waals surface area contributed by atoms with Crippen molar-refractivity contribution >= 4 is 29.1 Å². The number of thioether (sulfide) groups is 1. The number of Topliss-reactive ketones (excluding diaryl/α,β-unsaturated/α-hetero) is 1. The summed E-state index contributed by atoms with van der Waals surface area (Å²) in [4.78, 5) is 23.7. The van der Waals surface area contributed by atoms with Gasteiger partial charge in [0.05, 0.1) is 5.75 Å². The van der Waals surface area contributed by atoms with E-state index in [1.165, 1.54) is 11.8 Å². The lowest BCUT2D eigenvalue weighted by molar-refractivity contribution is -0.115. The van der Waals surface area contributed by atoms with E-state index in [1.54, 1.807) is 31.2 Å². The van der Waals surface area contributed by atoms with Crippen LogP contribution in [0.4, 0.5) is 5.69 Å². The van der Waals surface area contributed by atoms with E-state index in [-0.39, 0.29) is 24.1 Å². The number of rotatable bonds is 9. The highest BCUT2D eigenvalue weighted by atomic mass is 32.2. The molecule has 1 amide bonds. The quantitative estimate of drug-likeness (QED) is 0.415. The van der Waals surface area contributed by atoms with Crippen molar-refractivity contribution in [3.8, 4) is 5.75 Å². The summed E-state index contributed by atoms with van der Waals surface area (Å²) in [5, 5.41) is 10.9. The summed E-state index contributed by atoms with van der Waals surface area (Å²) in [6, 6.07) is 14.5. The van der Waals surface area contributed by atoms with Gasteiger partial charge in [0.25, 0.3) is 11.1 Å². The molecule has 150 valence electrons. The molecular formula is C21H21N3O4S. The molecular weight excluding hydrogens is 390 g/mol. The van der Waals surface area contributed by atoms with Gasteiger partial charge in [-0.05, 0) is 48.9 Å². The summed E-state index contributed by atoms with van der Waals surface area (Å²) in [5.41, 5.74) is 2.31. The highest BCUT2D eigenvalue weighted by Gasteiger charge is 2.12. The molecule has 0 aliphatic heterocycles. The highest BCUT2D eigenvalue weighted by molar-refractivity contribution is 7.99. The van der Waals surface area contributed by atoms with Gasteiger partial charge in [-0.25, -0.2) is 0 Å². The molecule has 0 aliphatic rings. The standard InChI is InChI=1S/C21H21N3O4S/c1-3-19(26)22-16-9-7-15(8-10-16)18(25)13-29-21-24-23-20(28-21)12-27-17-6-4-5-14(2)11-17/h4-11H,3,12-13H2,1-2H3,(H,22,26). The topological polar surface area (TPSA) is 94.3 Å². The van der Waals surface area contributed by atoms with E-state index in [0.717, 1.165) is 11.3 Å². The number of hydrogen-bond acceptors (Lipinski definition) is 7. The fourth-order valence-electron chi connectivity index (χ4n) is 2.40. The molecule has 7 nitrogen and oxygen atoms in total. The zero-order valence-electron chi connectivity index (χ0n) is 16.2. The molecule has 8 heteroatoms. The molecule has 1 aromatic heterocycles. The van der Waals surface area contributed by atoms with Crippen molar-refractivity contribution in [2.24, 2.45) is 0 Å². The third kappa shape index (κ3) is 6.18. The maximum absolute atomic E-state index is 12.3. The van der Waals surface area contributed by atoms with Gasteiger partial charge in [-0.2, -0.15) is 0 Å². The number of anilines is 1. The Bertz CT molecular complexity index is 986. The van der Waals surface area contributed by atoms with Crippen molar-refractivity contribution in [3.05, 3.63) is 65.5 Å². The molecule has 29 heavy (non-hydrogen) atoms. The monoisotopic (exact) mass is 411 g/mol. The number of nitrogens with one attached hydrogen (secondary N) is 1. The molecule has 0 aliphatic carbocycles. The second-order valence-corrected chi connectivity index (χ2v) is 7.18. The minimum absolute atomic E-state index is 0.0703. The molecule has 0 bridgehead atoms. The average Bonchev–Trinajstić information content (AvgIpc) is 3.19. The van der Waals surface area contributed by atoms with Gasteiger partial charge in [0.1, 0.15) is 5.75 Å². The van der Waals surface area contributed by atoms with E-state index in [9.17, 15) is 9.59 Å². The Hall–Kier alpha value is -3.13. The Labute approximate surface area is 172 Å². The van der Waals surface area contributed by atoms with E-state index < -0.39 is 0 Å². The molecule has 0 unspecified atom stereocenters. The minimum atomic E-state index is -0.0711. The second-order valence-electron chi connectivity index (χ2n) is 6.26. The number of nitrogens with zero attached hydrogens (tertiary/aromatic N) is 2. The number of carbonyl (C=O) groups excluding carboxylic acids is 2. The van der Waals surface area contributed by atoms with Crippen LogP contribution in [0.25, 0.3) is 0 Å². The van der Waals surface area contributed by atoms with Crippen molar-refractivity contribution in [3.63, 3.8) is 0 Å². The lowest BCUT2D eigenvalue weighted by Gasteiger charge is -2.04. The highest BCUT2D eigenvalue weighted by Crippen LogP contribution is 2.20. The van der Waals surface area contributed by atoms with Crippen LogP contribution < -0.4 is 10.1 Å². The molecule has 2 aromatic carbocycles. The molecule has 0 saturated carbocycles. The second kappa shape index (κ2) is 9.88. The summed E-state index contributed by atoms with van der Waals surface area (Å²) in [6.45, 7) is 3.93. The van der Waals surface area contributed by atoms with Crippen LogP contribution in [-0.4, -0.2) is 27.6 Å². The molecule has 0 atom stereocenters. The molecule has 1 N–H and O–H groups in total. The van der Waals surface area contributed by atoms with Crippen LogP contribution in [0.3, 0.4) is 0 Å². The first-order valence-electron chi connectivity index (χ1n) is 9.11. The van der Waals surface area contributed by atoms with Gasteiger partial charge in [0, 0.05) is 17.7 Å². The maximum atomic E-state index is 12.3. The minimum Gasteiger partial charge on any atom is -0.484 e. The summed E-state index contributed by atoms with van der Waals surface area (Å²) in [7, 11) is 0. The normalized spacial score (nSPS) is 10.6. The number of ketones is 1. The third-order valence-electron chi connectivity index (χ3n) is 3.94. The van der Waals surface area contributed by atoms with E-state index >= 15 is 0 Å². The van der Waals surface area contributed by atoms with Gasteiger partial charge in [-0.1, -0.05) is 30.8 Å². The Morgan fingerprint density at radius 3 is 2.66 bits per heavy atom. The first-order valence-corrected chi connectivity index (χ1v) is 10.1. The summed E-state index contributed by atoms with van der Waals surface area (Å²) < 4.78 is 11.1. The third-order valence-corrected chi connectivity index (χ3v) is 4.76. The molecule has 1 heterocycles. The summed E-state index contributed by atoms with van der Waals surface area (Å²) >= 11 is 1.17. The lowest BCUT2D eigenvalue weighted by atomic mass is 10.1. The van der Waals surface area contributed by atoms with Crippen LogP contribution in [0, 0.1) is 6.92 Å². The van der Waals surface area contributed by atoms with Gasteiger partial charge in [-0.15, -0.1) is 10.2 Å². The van der Waals surface area contributed by atoms with E-state index in [0.29, 0.717) is 28.8 Å². The van der Waals surface area contributed by atoms with Gasteiger partial charge in [0.15, 0.2) is 12.4 Å². The average molecular weight is 411 g/mol. The first-order chi connectivity index (χ1) is 14.0. The number of aromatic nitrogens is 2. The fraction of sp³-hybridized carbons (Fsp3) is 0.238. The Balaban J connectivity index is 1.48. The van der Waals surface area contributed by atoms with Crippen LogP contribution in [-0.2, 0) is 11.4 Å². The number of benzene rings is 2. The van der Waals surface area contributed by atoms with Crippen LogP contribution in [0.15, 0.2) is 58.2 Å². The van der Waals surface area contributed by atoms with Crippen molar-refractivity contribution in [2.45, 2.75) is 32.1 Å². The molecule has 3 aromatic rings. The van der Waals surface area contributed by atoms with Crippen molar-refractivity contribution < 1.29 is 18.7 Å².